The molecule has 4 nitrogen and oxygen atoms in total. The Labute approximate surface area is 99.4 Å². The molecule has 1 unspecified atom stereocenters. The van der Waals surface area contributed by atoms with E-state index in [2.05, 4.69) is 10.6 Å². The van der Waals surface area contributed by atoms with Gasteiger partial charge in [0.2, 0.25) is 5.91 Å². The molecule has 0 aromatic heterocycles. The molecule has 0 bridgehead atoms. The Morgan fingerprint density at radius 1 is 1.41 bits per heavy atom. The molecule has 1 heterocycles. The van der Waals surface area contributed by atoms with Gasteiger partial charge in [0.25, 0.3) is 0 Å². The predicted molar refractivity (Wildman–Crippen MR) is 64.1 cm³/mol. The lowest BCUT2D eigenvalue weighted by Crippen LogP contribution is -2.28. The van der Waals surface area contributed by atoms with Crippen molar-refractivity contribution in [3.63, 3.8) is 0 Å². The van der Waals surface area contributed by atoms with Crippen molar-refractivity contribution in [2.75, 3.05) is 18.4 Å². The summed E-state index contributed by atoms with van der Waals surface area (Å²) in [6.07, 6.45) is 1.86. The molecule has 1 amide bonds. The van der Waals surface area contributed by atoms with E-state index in [9.17, 15) is 9.18 Å². The minimum atomic E-state index is -0.372. The average molecular weight is 237 g/mol. The van der Waals surface area contributed by atoms with Crippen LogP contribution in [0.1, 0.15) is 24.4 Å². The molecule has 0 radical (unpaired) electrons. The van der Waals surface area contributed by atoms with Crippen LogP contribution >= 0.6 is 0 Å². The molecule has 4 N–H and O–H groups in total. The second kappa shape index (κ2) is 5.25. The highest BCUT2D eigenvalue weighted by Gasteiger charge is 2.29. The molecule has 1 atom stereocenters. The largest absolute Gasteiger partial charge is 0.330 e. The number of anilines is 1. The fourth-order valence-electron chi connectivity index (χ4n) is 1.95. The SMILES string of the molecule is NCCCCNC1C(=O)Nc2cc(F)ccc21. The molecular formula is C12H16FN3O. The van der Waals surface area contributed by atoms with E-state index in [4.69, 9.17) is 5.73 Å². The van der Waals surface area contributed by atoms with Gasteiger partial charge in [-0.3, -0.25) is 4.79 Å². The van der Waals surface area contributed by atoms with Crippen LogP contribution in [0.2, 0.25) is 0 Å². The molecule has 1 aromatic rings. The number of benzene rings is 1. The summed E-state index contributed by atoms with van der Waals surface area (Å²) < 4.78 is 13.0. The summed E-state index contributed by atoms with van der Waals surface area (Å²) in [5.41, 5.74) is 6.77. The second-order valence-electron chi connectivity index (χ2n) is 4.10. The highest BCUT2D eigenvalue weighted by atomic mass is 19.1. The molecule has 1 aliphatic rings. The number of amides is 1. The number of fused-ring (bicyclic) bond motifs is 1. The highest BCUT2D eigenvalue weighted by molar-refractivity contribution is 6.02. The van der Waals surface area contributed by atoms with E-state index < -0.39 is 0 Å². The lowest BCUT2D eigenvalue weighted by atomic mass is 10.1. The van der Waals surface area contributed by atoms with Gasteiger partial charge in [0, 0.05) is 11.3 Å². The average Bonchev–Trinajstić information content (AvgIpc) is 2.60. The first-order chi connectivity index (χ1) is 8.22. The molecule has 1 aromatic carbocycles. The zero-order valence-corrected chi connectivity index (χ0v) is 9.50. The first kappa shape index (κ1) is 12.0. The molecule has 0 spiro atoms. The van der Waals surface area contributed by atoms with Crippen LogP contribution < -0.4 is 16.4 Å². The van der Waals surface area contributed by atoms with Crippen molar-refractivity contribution in [1.29, 1.82) is 0 Å². The summed E-state index contributed by atoms with van der Waals surface area (Å²) in [4.78, 5) is 11.7. The summed E-state index contributed by atoms with van der Waals surface area (Å²) in [5.74, 6) is -0.466. The summed E-state index contributed by atoms with van der Waals surface area (Å²) in [6, 6.07) is 3.98. The smallest absolute Gasteiger partial charge is 0.246 e. The molecular weight excluding hydrogens is 221 g/mol. The van der Waals surface area contributed by atoms with Gasteiger partial charge in [0.05, 0.1) is 0 Å². The number of hydrogen-bond donors (Lipinski definition) is 3. The van der Waals surface area contributed by atoms with E-state index in [1.54, 1.807) is 6.07 Å². The summed E-state index contributed by atoms with van der Waals surface area (Å²) >= 11 is 0. The Kier molecular flexibility index (Phi) is 3.71. The molecule has 92 valence electrons. The fraction of sp³-hybridized carbons (Fsp3) is 0.417. The van der Waals surface area contributed by atoms with Crippen molar-refractivity contribution >= 4 is 11.6 Å². The van der Waals surface area contributed by atoms with Crippen LogP contribution in [0, 0.1) is 5.82 Å². The van der Waals surface area contributed by atoms with Crippen molar-refractivity contribution in [3.05, 3.63) is 29.6 Å². The van der Waals surface area contributed by atoms with Gasteiger partial charge in [-0.1, -0.05) is 6.07 Å². The van der Waals surface area contributed by atoms with E-state index >= 15 is 0 Å². The summed E-state index contributed by atoms with van der Waals surface area (Å²) in [7, 11) is 0. The second-order valence-corrected chi connectivity index (χ2v) is 4.10. The number of hydrogen-bond acceptors (Lipinski definition) is 3. The Morgan fingerprint density at radius 2 is 2.24 bits per heavy atom. The van der Waals surface area contributed by atoms with Crippen LogP contribution in [-0.2, 0) is 4.79 Å². The summed E-state index contributed by atoms with van der Waals surface area (Å²) in [5, 5.41) is 5.81. The quantitative estimate of drug-likeness (QED) is 0.673. The van der Waals surface area contributed by atoms with E-state index in [-0.39, 0.29) is 17.8 Å². The zero-order chi connectivity index (χ0) is 12.3. The minimum Gasteiger partial charge on any atom is -0.330 e. The fourth-order valence-corrected chi connectivity index (χ4v) is 1.95. The third-order valence-corrected chi connectivity index (χ3v) is 2.83. The molecule has 0 fully saturated rings. The first-order valence-corrected chi connectivity index (χ1v) is 5.76. The molecule has 2 rings (SSSR count). The Hall–Kier alpha value is -1.46. The van der Waals surface area contributed by atoms with Crippen LogP contribution in [0.25, 0.3) is 0 Å². The number of nitrogens with one attached hydrogen (secondary N) is 2. The van der Waals surface area contributed by atoms with Gasteiger partial charge >= 0.3 is 0 Å². The molecule has 0 saturated heterocycles. The van der Waals surface area contributed by atoms with Crippen LogP contribution in [0.5, 0.6) is 0 Å². The normalized spacial score (nSPS) is 18.0. The van der Waals surface area contributed by atoms with Crippen molar-refractivity contribution in [1.82, 2.24) is 5.32 Å². The maximum atomic E-state index is 13.0. The molecule has 0 saturated carbocycles. The Balaban J connectivity index is 2.02. The lowest BCUT2D eigenvalue weighted by molar-refractivity contribution is -0.117. The zero-order valence-electron chi connectivity index (χ0n) is 9.50. The van der Waals surface area contributed by atoms with Gasteiger partial charge in [0.1, 0.15) is 11.9 Å². The maximum Gasteiger partial charge on any atom is 0.246 e. The topological polar surface area (TPSA) is 67.1 Å². The Bertz CT molecular complexity index is 422. The van der Waals surface area contributed by atoms with Crippen molar-refractivity contribution in [3.8, 4) is 0 Å². The number of carbonyl (C=O) groups excluding carboxylic acids is 1. The van der Waals surface area contributed by atoms with Crippen LogP contribution in [0.4, 0.5) is 10.1 Å². The number of carbonyl (C=O) groups is 1. The predicted octanol–water partition coefficient (Wildman–Crippen LogP) is 1.15. The molecule has 0 aliphatic carbocycles. The van der Waals surface area contributed by atoms with Crippen molar-refractivity contribution in [2.24, 2.45) is 5.73 Å². The van der Waals surface area contributed by atoms with Gasteiger partial charge in [-0.15, -0.1) is 0 Å². The molecule has 1 aliphatic heterocycles. The van der Waals surface area contributed by atoms with E-state index in [1.807, 2.05) is 0 Å². The molecule has 5 heteroatoms. The van der Waals surface area contributed by atoms with Gasteiger partial charge < -0.3 is 16.4 Å². The van der Waals surface area contributed by atoms with E-state index in [0.717, 1.165) is 24.9 Å². The monoisotopic (exact) mass is 237 g/mol. The third-order valence-electron chi connectivity index (χ3n) is 2.83. The molecule has 17 heavy (non-hydrogen) atoms. The number of nitrogens with two attached hydrogens (primary N) is 1. The first-order valence-electron chi connectivity index (χ1n) is 5.76. The Morgan fingerprint density at radius 3 is 3.00 bits per heavy atom. The van der Waals surface area contributed by atoms with Gasteiger partial charge in [0.15, 0.2) is 0 Å². The van der Waals surface area contributed by atoms with Crippen LogP contribution in [0.3, 0.4) is 0 Å². The highest BCUT2D eigenvalue weighted by Crippen LogP contribution is 2.30. The number of unbranched alkanes of at least 4 members (excludes halogenated alkanes) is 1. The lowest BCUT2D eigenvalue weighted by Gasteiger charge is -2.10. The van der Waals surface area contributed by atoms with Crippen molar-refractivity contribution in [2.45, 2.75) is 18.9 Å². The minimum absolute atomic E-state index is 0.127. The van der Waals surface area contributed by atoms with Gasteiger partial charge in [-0.25, -0.2) is 4.39 Å². The van der Waals surface area contributed by atoms with E-state index in [1.165, 1.54) is 12.1 Å². The number of halogens is 1. The standard InChI is InChI=1S/C12H16FN3O/c13-8-3-4-9-10(7-8)16-12(17)11(9)15-6-2-1-5-14/h3-4,7,11,15H,1-2,5-6,14H2,(H,16,17). The van der Waals surface area contributed by atoms with E-state index in [0.29, 0.717) is 12.2 Å². The van der Waals surface area contributed by atoms with Crippen molar-refractivity contribution < 1.29 is 9.18 Å². The maximum absolute atomic E-state index is 13.0. The van der Waals surface area contributed by atoms with Gasteiger partial charge in [-0.2, -0.15) is 0 Å². The third kappa shape index (κ3) is 2.62. The summed E-state index contributed by atoms with van der Waals surface area (Å²) in [6.45, 7) is 1.38. The van der Waals surface area contributed by atoms with Crippen LogP contribution in [0.15, 0.2) is 18.2 Å². The van der Waals surface area contributed by atoms with Crippen LogP contribution in [-0.4, -0.2) is 19.0 Å². The number of rotatable bonds is 5. The van der Waals surface area contributed by atoms with Gasteiger partial charge in [-0.05, 0) is 38.1 Å².